The van der Waals surface area contributed by atoms with Crippen molar-refractivity contribution in [3.8, 4) is 0 Å². The van der Waals surface area contributed by atoms with Crippen molar-refractivity contribution in [3.63, 3.8) is 0 Å². The largest absolute Gasteiger partial charge is 0.309 e. The van der Waals surface area contributed by atoms with Gasteiger partial charge in [-0.05, 0) is 25.5 Å². The van der Waals surface area contributed by atoms with Gasteiger partial charge in [0.25, 0.3) is 0 Å². The molecule has 0 saturated carbocycles. The van der Waals surface area contributed by atoms with Crippen molar-refractivity contribution in [1.29, 1.82) is 0 Å². The predicted molar refractivity (Wildman–Crippen MR) is 85.0 cm³/mol. The first-order valence-corrected chi connectivity index (χ1v) is 8.81. The van der Waals surface area contributed by atoms with E-state index in [1.807, 2.05) is 0 Å². The molecule has 1 N–H and O–H groups in total. The molecule has 0 bridgehead atoms. The predicted octanol–water partition coefficient (Wildman–Crippen LogP) is 3.58. The highest BCUT2D eigenvalue weighted by Gasteiger charge is 2.13. The molecule has 108 valence electrons. The van der Waals surface area contributed by atoms with E-state index in [1.54, 1.807) is 0 Å². The lowest BCUT2D eigenvalue weighted by Crippen LogP contribution is -2.26. The summed E-state index contributed by atoms with van der Waals surface area (Å²) in [6.07, 6.45) is 3.45. The highest BCUT2D eigenvalue weighted by molar-refractivity contribution is 7.85. The molecule has 0 amide bonds. The zero-order valence-electron chi connectivity index (χ0n) is 12.4. The van der Waals surface area contributed by atoms with Gasteiger partial charge < -0.3 is 5.32 Å². The first kappa shape index (κ1) is 16.4. The van der Waals surface area contributed by atoms with Gasteiger partial charge in [-0.1, -0.05) is 56.5 Å². The minimum absolute atomic E-state index is 0.215. The van der Waals surface area contributed by atoms with Crippen LogP contribution in [0.15, 0.2) is 24.3 Å². The van der Waals surface area contributed by atoms with Gasteiger partial charge in [-0.15, -0.1) is 0 Å². The molecule has 0 aliphatic rings. The summed E-state index contributed by atoms with van der Waals surface area (Å²) in [5.41, 5.74) is 2.52. The standard InChI is InChI=1S/C16H27NOS/c1-4-6-7-11-19(18)13-16(17-5-2)15-10-8-9-14(3)12-15/h8-10,12,16-17H,4-7,11,13H2,1-3H3. The minimum Gasteiger partial charge on any atom is -0.309 e. The van der Waals surface area contributed by atoms with Gasteiger partial charge >= 0.3 is 0 Å². The highest BCUT2D eigenvalue weighted by atomic mass is 32.2. The van der Waals surface area contributed by atoms with Gasteiger partial charge in [-0.3, -0.25) is 4.21 Å². The fraction of sp³-hybridized carbons (Fsp3) is 0.625. The third kappa shape index (κ3) is 6.35. The number of aryl methyl sites for hydroxylation is 1. The van der Waals surface area contributed by atoms with E-state index in [0.29, 0.717) is 0 Å². The zero-order chi connectivity index (χ0) is 14.1. The molecule has 0 aromatic heterocycles. The molecule has 0 heterocycles. The molecule has 2 atom stereocenters. The van der Waals surface area contributed by atoms with Crippen LogP contribution in [0.2, 0.25) is 0 Å². The Balaban J connectivity index is 2.60. The molecule has 0 spiro atoms. The van der Waals surface area contributed by atoms with Crippen LogP contribution in [-0.2, 0) is 10.8 Å². The van der Waals surface area contributed by atoms with Crippen LogP contribution in [0.5, 0.6) is 0 Å². The number of benzene rings is 1. The lowest BCUT2D eigenvalue weighted by Gasteiger charge is -2.18. The Morgan fingerprint density at radius 1 is 1.26 bits per heavy atom. The van der Waals surface area contributed by atoms with Crippen LogP contribution in [0.3, 0.4) is 0 Å². The zero-order valence-corrected chi connectivity index (χ0v) is 13.3. The average Bonchev–Trinajstić information content (AvgIpc) is 2.38. The summed E-state index contributed by atoms with van der Waals surface area (Å²) >= 11 is 0. The summed E-state index contributed by atoms with van der Waals surface area (Å²) in [6, 6.07) is 8.72. The summed E-state index contributed by atoms with van der Waals surface area (Å²) in [7, 11) is -0.723. The van der Waals surface area contributed by atoms with E-state index in [-0.39, 0.29) is 6.04 Å². The van der Waals surface area contributed by atoms with E-state index < -0.39 is 10.8 Å². The van der Waals surface area contributed by atoms with Crippen LogP contribution in [-0.4, -0.2) is 22.3 Å². The van der Waals surface area contributed by atoms with Crippen molar-refractivity contribution >= 4 is 10.8 Å². The molecule has 0 fully saturated rings. The fourth-order valence-corrected chi connectivity index (χ4v) is 3.56. The monoisotopic (exact) mass is 281 g/mol. The summed E-state index contributed by atoms with van der Waals surface area (Å²) < 4.78 is 12.1. The number of unbranched alkanes of at least 4 members (excludes halogenated alkanes) is 2. The summed E-state index contributed by atoms with van der Waals surface area (Å²) in [5, 5.41) is 3.45. The maximum Gasteiger partial charge on any atom is 0.0436 e. The highest BCUT2D eigenvalue weighted by Crippen LogP contribution is 2.16. The third-order valence-electron chi connectivity index (χ3n) is 3.22. The molecule has 1 aromatic rings. The van der Waals surface area contributed by atoms with Gasteiger partial charge in [0, 0.05) is 28.3 Å². The molecule has 0 aliphatic carbocycles. The second kappa shape index (κ2) is 9.27. The Labute approximate surface area is 120 Å². The molecule has 1 aromatic carbocycles. The Kier molecular flexibility index (Phi) is 7.99. The smallest absolute Gasteiger partial charge is 0.0436 e. The van der Waals surface area contributed by atoms with Crippen molar-refractivity contribution in [2.45, 2.75) is 46.1 Å². The van der Waals surface area contributed by atoms with Crippen LogP contribution in [0.1, 0.15) is 50.3 Å². The Bertz CT molecular complexity index is 392. The first-order chi connectivity index (χ1) is 9.17. The van der Waals surface area contributed by atoms with Gasteiger partial charge in [0.05, 0.1) is 0 Å². The van der Waals surface area contributed by atoms with Crippen molar-refractivity contribution in [3.05, 3.63) is 35.4 Å². The van der Waals surface area contributed by atoms with Crippen molar-refractivity contribution < 1.29 is 4.21 Å². The maximum atomic E-state index is 12.1. The number of hydrogen-bond acceptors (Lipinski definition) is 2. The van der Waals surface area contributed by atoms with Gasteiger partial charge in [0.15, 0.2) is 0 Å². The average molecular weight is 281 g/mol. The molecule has 2 unspecified atom stereocenters. The minimum atomic E-state index is -0.723. The maximum absolute atomic E-state index is 12.1. The van der Waals surface area contributed by atoms with Gasteiger partial charge in [0.1, 0.15) is 0 Å². The van der Waals surface area contributed by atoms with E-state index >= 15 is 0 Å². The molecule has 0 aliphatic heterocycles. The molecule has 2 nitrogen and oxygen atoms in total. The quantitative estimate of drug-likeness (QED) is 0.701. The fourth-order valence-electron chi connectivity index (χ4n) is 2.19. The summed E-state index contributed by atoms with van der Waals surface area (Å²) in [6.45, 7) is 7.29. The topological polar surface area (TPSA) is 29.1 Å². The Hall–Kier alpha value is -0.670. The molecular formula is C16H27NOS. The first-order valence-electron chi connectivity index (χ1n) is 7.32. The second-order valence-electron chi connectivity index (χ2n) is 5.04. The number of rotatable bonds is 9. The van der Waals surface area contributed by atoms with E-state index in [9.17, 15) is 4.21 Å². The van der Waals surface area contributed by atoms with Crippen LogP contribution in [0.4, 0.5) is 0 Å². The number of hydrogen-bond donors (Lipinski definition) is 1. The summed E-state index contributed by atoms with van der Waals surface area (Å²) in [4.78, 5) is 0. The van der Waals surface area contributed by atoms with Gasteiger partial charge in [-0.2, -0.15) is 0 Å². The van der Waals surface area contributed by atoms with E-state index in [4.69, 9.17) is 0 Å². The Morgan fingerprint density at radius 2 is 2.05 bits per heavy atom. The second-order valence-corrected chi connectivity index (χ2v) is 6.66. The molecule has 1 rings (SSSR count). The lowest BCUT2D eigenvalue weighted by molar-refractivity contribution is 0.593. The van der Waals surface area contributed by atoms with E-state index in [1.165, 1.54) is 24.0 Å². The molecule has 0 radical (unpaired) electrons. The normalized spacial score (nSPS) is 14.3. The molecule has 3 heteroatoms. The molecular weight excluding hydrogens is 254 g/mol. The van der Waals surface area contributed by atoms with Gasteiger partial charge in [0.2, 0.25) is 0 Å². The van der Waals surface area contributed by atoms with E-state index in [0.717, 1.165) is 24.5 Å². The lowest BCUT2D eigenvalue weighted by atomic mass is 10.1. The summed E-state index contributed by atoms with van der Waals surface area (Å²) in [5.74, 6) is 1.56. The number of nitrogens with one attached hydrogen (secondary N) is 1. The van der Waals surface area contributed by atoms with Crippen LogP contribution in [0.25, 0.3) is 0 Å². The van der Waals surface area contributed by atoms with Crippen molar-refractivity contribution in [1.82, 2.24) is 5.32 Å². The van der Waals surface area contributed by atoms with Crippen LogP contribution >= 0.6 is 0 Å². The SMILES string of the molecule is CCCCCS(=O)CC(NCC)c1cccc(C)c1. The van der Waals surface area contributed by atoms with Gasteiger partial charge in [-0.25, -0.2) is 0 Å². The molecule has 19 heavy (non-hydrogen) atoms. The van der Waals surface area contributed by atoms with Crippen molar-refractivity contribution in [2.24, 2.45) is 0 Å². The third-order valence-corrected chi connectivity index (χ3v) is 4.67. The van der Waals surface area contributed by atoms with Crippen molar-refractivity contribution in [2.75, 3.05) is 18.1 Å². The van der Waals surface area contributed by atoms with E-state index in [2.05, 4.69) is 50.4 Å². The van der Waals surface area contributed by atoms with Crippen LogP contribution < -0.4 is 5.32 Å². The van der Waals surface area contributed by atoms with Crippen LogP contribution in [0, 0.1) is 6.92 Å². The Morgan fingerprint density at radius 3 is 2.68 bits per heavy atom. The molecule has 0 saturated heterocycles.